The van der Waals surface area contributed by atoms with Crippen molar-refractivity contribution in [2.45, 2.75) is 6.04 Å². The first-order valence-electron chi connectivity index (χ1n) is 5.35. The van der Waals surface area contributed by atoms with Crippen molar-refractivity contribution in [3.63, 3.8) is 0 Å². The molecule has 2 aliphatic heterocycles. The zero-order valence-corrected chi connectivity index (χ0v) is 10.0. The lowest BCUT2D eigenvalue weighted by Crippen LogP contribution is -2.59. The summed E-state index contributed by atoms with van der Waals surface area (Å²) < 4.78 is 1.14. The van der Waals surface area contributed by atoms with Gasteiger partial charge in [0.05, 0.1) is 17.4 Å². The molecule has 15 heavy (non-hydrogen) atoms. The Morgan fingerprint density at radius 1 is 1.33 bits per heavy atom. The molecule has 1 saturated heterocycles. The minimum Gasteiger partial charge on any atom is -0.382 e. The molecule has 3 nitrogen and oxygen atoms in total. The van der Waals surface area contributed by atoms with E-state index in [0.29, 0.717) is 6.04 Å². The Hall–Kier alpha value is -0.740. The number of hydrogen-bond acceptors (Lipinski definition) is 3. The van der Waals surface area contributed by atoms with Gasteiger partial charge in [-0.05, 0) is 18.2 Å². The number of hydrogen-bond donors (Lipinski definition) is 2. The van der Waals surface area contributed by atoms with Gasteiger partial charge >= 0.3 is 0 Å². The summed E-state index contributed by atoms with van der Waals surface area (Å²) in [5.41, 5.74) is 2.60. The van der Waals surface area contributed by atoms with Crippen LogP contribution >= 0.6 is 15.9 Å². The summed E-state index contributed by atoms with van der Waals surface area (Å²) in [6.45, 7) is 4.39. The van der Waals surface area contributed by atoms with Gasteiger partial charge in [-0.2, -0.15) is 0 Å². The van der Waals surface area contributed by atoms with Crippen molar-refractivity contribution < 1.29 is 0 Å². The molecule has 0 aromatic heterocycles. The summed E-state index contributed by atoms with van der Waals surface area (Å²) >= 11 is 3.51. The van der Waals surface area contributed by atoms with Gasteiger partial charge in [0, 0.05) is 30.7 Å². The molecule has 2 heterocycles. The lowest BCUT2D eigenvalue weighted by molar-refractivity contribution is 0.414. The van der Waals surface area contributed by atoms with Gasteiger partial charge in [0.2, 0.25) is 0 Å². The first-order chi connectivity index (χ1) is 7.34. The van der Waals surface area contributed by atoms with Crippen molar-refractivity contribution in [2.75, 3.05) is 36.4 Å². The Balaban J connectivity index is 1.95. The van der Waals surface area contributed by atoms with Crippen molar-refractivity contribution in [2.24, 2.45) is 0 Å². The minimum atomic E-state index is 0.687. The van der Waals surface area contributed by atoms with Crippen LogP contribution in [0.1, 0.15) is 0 Å². The molecule has 0 spiro atoms. The first-order valence-corrected chi connectivity index (χ1v) is 6.15. The van der Waals surface area contributed by atoms with Gasteiger partial charge < -0.3 is 15.5 Å². The van der Waals surface area contributed by atoms with Gasteiger partial charge in [0.1, 0.15) is 0 Å². The molecule has 1 fully saturated rings. The molecule has 0 unspecified atom stereocenters. The molecule has 2 aliphatic rings. The van der Waals surface area contributed by atoms with Crippen LogP contribution in [-0.2, 0) is 0 Å². The number of halogens is 1. The summed E-state index contributed by atoms with van der Waals surface area (Å²) in [5.74, 6) is 0. The van der Waals surface area contributed by atoms with E-state index < -0.39 is 0 Å². The normalized spacial score (nSPS) is 20.5. The highest BCUT2D eigenvalue weighted by molar-refractivity contribution is 9.10. The van der Waals surface area contributed by atoms with E-state index in [1.54, 1.807) is 0 Å². The second kappa shape index (κ2) is 3.68. The molecule has 0 atom stereocenters. The quantitative estimate of drug-likeness (QED) is 0.811. The minimum absolute atomic E-state index is 0.687. The molecule has 1 aromatic rings. The third-order valence-corrected chi connectivity index (χ3v) is 3.63. The Bertz CT molecular complexity index is 376. The number of fused-ring (bicyclic) bond motifs is 1. The maximum atomic E-state index is 3.51. The fourth-order valence-corrected chi connectivity index (χ4v) is 2.57. The molecular formula is C11H14BrN3. The van der Waals surface area contributed by atoms with E-state index in [1.165, 1.54) is 11.4 Å². The highest BCUT2D eigenvalue weighted by Gasteiger charge is 2.28. The lowest BCUT2D eigenvalue weighted by atomic mass is 10.1. The van der Waals surface area contributed by atoms with Crippen molar-refractivity contribution in [3.8, 4) is 0 Å². The standard InChI is InChI=1S/C11H14BrN3/c12-8-1-2-11-10(5-8)14-3-4-15(11)9-6-13-7-9/h1-2,5,9,13-14H,3-4,6-7H2. The van der Waals surface area contributed by atoms with Crippen LogP contribution < -0.4 is 15.5 Å². The van der Waals surface area contributed by atoms with Crippen LogP contribution in [0.3, 0.4) is 0 Å². The highest BCUT2D eigenvalue weighted by atomic mass is 79.9. The third-order valence-electron chi connectivity index (χ3n) is 3.14. The molecule has 0 radical (unpaired) electrons. The number of benzene rings is 1. The average molecular weight is 268 g/mol. The van der Waals surface area contributed by atoms with Crippen molar-refractivity contribution >= 4 is 27.3 Å². The van der Waals surface area contributed by atoms with Crippen molar-refractivity contribution in [1.29, 1.82) is 0 Å². The van der Waals surface area contributed by atoms with Crippen molar-refractivity contribution in [1.82, 2.24) is 5.32 Å². The molecule has 1 aromatic carbocycles. The Morgan fingerprint density at radius 3 is 2.93 bits per heavy atom. The van der Waals surface area contributed by atoms with E-state index in [-0.39, 0.29) is 0 Å². The number of nitrogens with zero attached hydrogens (tertiary/aromatic N) is 1. The molecule has 3 rings (SSSR count). The zero-order valence-electron chi connectivity index (χ0n) is 8.46. The second-order valence-corrected chi connectivity index (χ2v) is 5.01. The molecule has 80 valence electrons. The fourth-order valence-electron chi connectivity index (χ4n) is 2.20. The van der Waals surface area contributed by atoms with E-state index in [4.69, 9.17) is 0 Å². The average Bonchev–Trinajstić information content (AvgIpc) is 2.15. The van der Waals surface area contributed by atoms with Gasteiger partial charge in [0.15, 0.2) is 0 Å². The van der Waals surface area contributed by atoms with Gasteiger partial charge in [0.25, 0.3) is 0 Å². The molecule has 4 heteroatoms. The van der Waals surface area contributed by atoms with E-state index in [0.717, 1.165) is 30.7 Å². The fraction of sp³-hybridized carbons (Fsp3) is 0.455. The van der Waals surface area contributed by atoms with Crippen LogP contribution in [0.2, 0.25) is 0 Å². The lowest BCUT2D eigenvalue weighted by Gasteiger charge is -2.43. The maximum Gasteiger partial charge on any atom is 0.0606 e. The zero-order chi connectivity index (χ0) is 10.3. The summed E-state index contributed by atoms with van der Waals surface area (Å²) in [5, 5.41) is 6.77. The van der Waals surface area contributed by atoms with Crippen LogP contribution in [-0.4, -0.2) is 32.2 Å². The Labute approximate surface area is 98.0 Å². The molecule has 0 amide bonds. The van der Waals surface area contributed by atoms with E-state index >= 15 is 0 Å². The predicted molar refractivity (Wildman–Crippen MR) is 66.6 cm³/mol. The van der Waals surface area contributed by atoms with Crippen LogP contribution in [0.25, 0.3) is 0 Å². The molecule has 0 saturated carbocycles. The third kappa shape index (κ3) is 1.62. The van der Waals surface area contributed by atoms with Crippen LogP contribution in [0.5, 0.6) is 0 Å². The largest absolute Gasteiger partial charge is 0.382 e. The van der Waals surface area contributed by atoms with E-state index in [9.17, 15) is 0 Å². The number of rotatable bonds is 1. The van der Waals surface area contributed by atoms with Crippen molar-refractivity contribution in [3.05, 3.63) is 22.7 Å². The topological polar surface area (TPSA) is 27.3 Å². The molecule has 0 bridgehead atoms. The Morgan fingerprint density at radius 2 is 2.20 bits per heavy atom. The smallest absolute Gasteiger partial charge is 0.0606 e. The van der Waals surface area contributed by atoms with Crippen LogP contribution in [0, 0.1) is 0 Å². The van der Waals surface area contributed by atoms with E-state index in [1.807, 2.05) is 0 Å². The monoisotopic (exact) mass is 267 g/mol. The summed E-state index contributed by atoms with van der Waals surface area (Å²) in [6, 6.07) is 7.16. The van der Waals surface area contributed by atoms with Crippen LogP contribution in [0.15, 0.2) is 22.7 Å². The summed E-state index contributed by atoms with van der Waals surface area (Å²) in [6.07, 6.45) is 0. The van der Waals surface area contributed by atoms with Gasteiger partial charge in [-0.25, -0.2) is 0 Å². The second-order valence-electron chi connectivity index (χ2n) is 4.09. The Kier molecular flexibility index (Phi) is 2.33. The molecule has 0 aliphatic carbocycles. The van der Waals surface area contributed by atoms with Crippen LogP contribution in [0.4, 0.5) is 11.4 Å². The van der Waals surface area contributed by atoms with Gasteiger partial charge in [-0.15, -0.1) is 0 Å². The SMILES string of the molecule is Brc1ccc2c(c1)NCCN2C1CNC1. The highest BCUT2D eigenvalue weighted by Crippen LogP contribution is 2.33. The molecule has 2 N–H and O–H groups in total. The summed E-state index contributed by atoms with van der Waals surface area (Å²) in [4.78, 5) is 2.51. The number of anilines is 2. The molecular weight excluding hydrogens is 254 g/mol. The summed E-state index contributed by atoms with van der Waals surface area (Å²) in [7, 11) is 0. The van der Waals surface area contributed by atoms with E-state index in [2.05, 4.69) is 49.7 Å². The number of nitrogens with one attached hydrogen (secondary N) is 2. The maximum absolute atomic E-state index is 3.51. The van der Waals surface area contributed by atoms with Gasteiger partial charge in [-0.3, -0.25) is 0 Å². The van der Waals surface area contributed by atoms with Gasteiger partial charge in [-0.1, -0.05) is 15.9 Å². The predicted octanol–water partition coefficient (Wildman–Crippen LogP) is 1.65. The first kappa shape index (κ1) is 9.48.